The molecule has 0 spiro atoms. The van der Waals surface area contributed by atoms with Crippen molar-refractivity contribution in [1.29, 1.82) is 0 Å². The molecule has 29 heavy (non-hydrogen) atoms. The van der Waals surface area contributed by atoms with Crippen molar-refractivity contribution in [3.05, 3.63) is 53.1 Å². The second-order valence-corrected chi connectivity index (χ2v) is 9.35. The van der Waals surface area contributed by atoms with E-state index in [4.69, 9.17) is 21.1 Å². The van der Waals surface area contributed by atoms with Gasteiger partial charge in [-0.1, -0.05) is 29.8 Å². The van der Waals surface area contributed by atoms with Crippen LogP contribution >= 0.6 is 11.6 Å². The van der Waals surface area contributed by atoms with Gasteiger partial charge in [-0.15, -0.1) is 0 Å². The minimum Gasteiger partial charge on any atom is -0.493 e. The number of hydrogen-bond acceptors (Lipinski definition) is 5. The molecule has 1 heterocycles. The molecule has 1 N–H and O–H groups in total. The molecule has 3 rings (SSSR count). The van der Waals surface area contributed by atoms with Crippen LogP contribution in [0.5, 0.6) is 11.5 Å². The van der Waals surface area contributed by atoms with Gasteiger partial charge in [0.15, 0.2) is 11.5 Å². The molecule has 1 saturated heterocycles. The van der Waals surface area contributed by atoms with E-state index in [1.165, 1.54) is 26.4 Å². The standard InChI is InChI=1S/C21H27ClN2O4S/c1-27-20-8-7-18(13-21(20)28-2)29(25,26)23-14-16-9-11-24(12-10-16)15-17-5-3-4-6-19(17)22/h3-8,13,16,23H,9-12,14-15H2,1-2H3. The highest BCUT2D eigenvalue weighted by Crippen LogP contribution is 2.29. The van der Waals surface area contributed by atoms with Crippen LogP contribution in [-0.2, 0) is 16.6 Å². The van der Waals surface area contributed by atoms with E-state index in [0.29, 0.717) is 24.0 Å². The molecule has 0 atom stereocenters. The molecule has 1 fully saturated rings. The number of halogens is 1. The summed E-state index contributed by atoms with van der Waals surface area (Å²) in [6, 6.07) is 12.5. The number of piperidine rings is 1. The lowest BCUT2D eigenvalue weighted by Gasteiger charge is -2.32. The molecule has 0 amide bonds. The number of likely N-dealkylation sites (tertiary alicyclic amines) is 1. The van der Waals surface area contributed by atoms with Gasteiger partial charge < -0.3 is 9.47 Å². The van der Waals surface area contributed by atoms with Crippen molar-refractivity contribution in [2.75, 3.05) is 33.9 Å². The maximum Gasteiger partial charge on any atom is 0.240 e. The van der Waals surface area contributed by atoms with Gasteiger partial charge >= 0.3 is 0 Å². The second-order valence-electron chi connectivity index (χ2n) is 7.18. The Morgan fingerprint density at radius 2 is 1.76 bits per heavy atom. The average molecular weight is 439 g/mol. The summed E-state index contributed by atoms with van der Waals surface area (Å²) in [4.78, 5) is 2.53. The molecule has 8 heteroatoms. The van der Waals surface area contributed by atoms with E-state index in [2.05, 4.69) is 9.62 Å². The summed E-state index contributed by atoms with van der Waals surface area (Å²) in [5.41, 5.74) is 1.13. The number of ether oxygens (including phenoxy) is 2. The van der Waals surface area contributed by atoms with Crippen molar-refractivity contribution in [3.63, 3.8) is 0 Å². The van der Waals surface area contributed by atoms with Crippen LogP contribution in [0.25, 0.3) is 0 Å². The molecule has 0 aromatic heterocycles. The second kappa shape index (κ2) is 9.80. The minimum absolute atomic E-state index is 0.173. The monoisotopic (exact) mass is 438 g/mol. The summed E-state index contributed by atoms with van der Waals surface area (Å²) in [5, 5.41) is 0.789. The summed E-state index contributed by atoms with van der Waals surface area (Å²) in [6.45, 7) is 3.10. The fraction of sp³-hybridized carbons (Fsp3) is 0.429. The summed E-state index contributed by atoms with van der Waals surface area (Å²) in [6.07, 6.45) is 1.89. The van der Waals surface area contributed by atoms with E-state index in [0.717, 1.165) is 43.1 Å². The van der Waals surface area contributed by atoms with Crippen LogP contribution in [0.15, 0.2) is 47.4 Å². The fourth-order valence-electron chi connectivity index (χ4n) is 3.51. The number of methoxy groups -OCH3 is 2. The van der Waals surface area contributed by atoms with Crippen LogP contribution in [0, 0.1) is 5.92 Å². The molecule has 6 nitrogen and oxygen atoms in total. The zero-order valence-corrected chi connectivity index (χ0v) is 18.3. The van der Waals surface area contributed by atoms with Gasteiger partial charge in [0, 0.05) is 24.2 Å². The molecule has 0 aliphatic carbocycles. The predicted octanol–water partition coefficient (Wildman–Crippen LogP) is 3.55. The van der Waals surface area contributed by atoms with Gasteiger partial charge in [0.05, 0.1) is 19.1 Å². The third-order valence-corrected chi connectivity index (χ3v) is 7.08. The van der Waals surface area contributed by atoms with Crippen molar-refractivity contribution >= 4 is 21.6 Å². The Morgan fingerprint density at radius 1 is 1.07 bits per heavy atom. The lowest BCUT2D eigenvalue weighted by molar-refractivity contribution is 0.178. The van der Waals surface area contributed by atoms with Crippen LogP contribution in [0.2, 0.25) is 5.02 Å². The largest absolute Gasteiger partial charge is 0.493 e. The Bertz CT molecular complexity index is 928. The number of sulfonamides is 1. The van der Waals surface area contributed by atoms with Crippen molar-refractivity contribution in [1.82, 2.24) is 9.62 Å². The topological polar surface area (TPSA) is 67.9 Å². The van der Waals surface area contributed by atoms with Crippen LogP contribution < -0.4 is 14.2 Å². The Kier molecular flexibility index (Phi) is 7.40. The third kappa shape index (κ3) is 5.63. The molecular weight excluding hydrogens is 412 g/mol. The number of nitrogens with one attached hydrogen (secondary N) is 1. The lowest BCUT2D eigenvalue weighted by Crippen LogP contribution is -2.38. The summed E-state index contributed by atoms with van der Waals surface area (Å²) in [7, 11) is -0.601. The highest BCUT2D eigenvalue weighted by Gasteiger charge is 2.23. The van der Waals surface area contributed by atoms with E-state index in [9.17, 15) is 8.42 Å². The Morgan fingerprint density at radius 3 is 2.41 bits per heavy atom. The van der Waals surface area contributed by atoms with Crippen molar-refractivity contribution in [3.8, 4) is 11.5 Å². The van der Waals surface area contributed by atoms with Gasteiger partial charge in [-0.25, -0.2) is 13.1 Å². The molecule has 0 bridgehead atoms. The molecule has 0 radical (unpaired) electrons. The normalized spacial score (nSPS) is 16.0. The molecule has 0 saturated carbocycles. The zero-order chi connectivity index (χ0) is 20.9. The van der Waals surface area contributed by atoms with Crippen molar-refractivity contribution in [2.45, 2.75) is 24.3 Å². The van der Waals surface area contributed by atoms with Gasteiger partial charge in [0.1, 0.15) is 0 Å². The molecule has 0 unspecified atom stereocenters. The van der Waals surface area contributed by atoms with Crippen molar-refractivity contribution < 1.29 is 17.9 Å². The van der Waals surface area contributed by atoms with E-state index >= 15 is 0 Å². The first-order valence-electron chi connectivity index (χ1n) is 9.60. The Balaban J connectivity index is 1.52. The SMILES string of the molecule is COc1ccc(S(=O)(=O)NCC2CCN(Cc3ccccc3Cl)CC2)cc1OC. The highest BCUT2D eigenvalue weighted by molar-refractivity contribution is 7.89. The lowest BCUT2D eigenvalue weighted by atomic mass is 9.97. The molecule has 1 aliphatic rings. The Labute approximate surface area is 177 Å². The van der Waals surface area contributed by atoms with Gasteiger partial charge in [-0.05, 0) is 55.6 Å². The van der Waals surface area contributed by atoms with Gasteiger partial charge in [0.25, 0.3) is 0 Å². The van der Waals surface area contributed by atoms with Gasteiger partial charge in [-0.2, -0.15) is 0 Å². The predicted molar refractivity (Wildman–Crippen MR) is 114 cm³/mol. The number of nitrogens with zero attached hydrogens (tertiary/aromatic N) is 1. The minimum atomic E-state index is -3.60. The maximum atomic E-state index is 12.7. The maximum absolute atomic E-state index is 12.7. The average Bonchev–Trinajstić information content (AvgIpc) is 2.74. The molecule has 2 aromatic rings. The van der Waals surface area contributed by atoms with Crippen LogP contribution in [-0.4, -0.2) is 47.2 Å². The van der Waals surface area contributed by atoms with Gasteiger partial charge in [-0.3, -0.25) is 4.90 Å². The van der Waals surface area contributed by atoms with E-state index in [-0.39, 0.29) is 4.90 Å². The number of rotatable bonds is 8. The van der Waals surface area contributed by atoms with Crippen molar-refractivity contribution in [2.24, 2.45) is 5.92 Å². The van der Waals surface area contributed by atoms with E-state index in [1.807, 2.05) is 24.3 Å². The van der Waals surface area contributed by atoms with E-state index < -0.39 is 10.0 Å². The van der Waals surface area contributed by atoms with Crippen LogP contribution in [0.1, 0.15) is 18.4 Å². The Hall–Kier alpha value is -1.80. The first-order valence-corrected chi connectivity index (χ1v) is 11.5. The van der Waals surface area contributed by atoms with Gasteiger partial charge in [0.2, 0.25) is 10.0 Å². The van der Waals surface area contributed by atoms with E-state index in [1.54, 1.807) is 6.07 Å². The first-order chi connectivity index (χ1) is 13.9. The summed E-state index contributed by atoms with van der Waals surface area (Å²) in [5.74, 6) is 1.20. The summed E-state index contributed by atoms with van der Waals surface area (Å²) >= 11 is 6.25. The highest BCUT2D eigenvalue weighted by atomic mass is 35.5. The van der Waals surface area contributed by atoms with Crippen LogP contribution in [0.3, 0.4) is 0 Å². The van der Waals surface area contributed by atoms with Crippen LogP contribution in [0.4, 0.5) is 0 Å². The fourth-order valence-corrected chi connectivity index (χ4v) is 4.84. The third-order valence-electron chi connectivity index (χ3n) is 5.29. The smallest absolute Gasteiger partial charge is 0.240 e. The zero-order valence-electron chi connectivity index (χ0n) is 16.7. The first kappa shape index (κ1) is 21.9. The molecule has 158 valence electrons. The number of benzene rings is 2. The molecule has 2 aromatic carbocycles. The molecule has 1 aliphatic heterocycles. The molecular formula is C21H27ClN2O4S. The number of hydrogen-bond donors (Lipinski definition) is 1. The quantitative estimate of drug-likeness (QED) is 0.682. The summed E-state index contributed by atoms with van der Waals surface area (Å²) < 4.78 is 38.4.